The summed E-state index contributed by atoms with van der Waals surface area (Å²) in [5.74, 6) is 1.22. The fourth-order valence-corrected chi connectivity index (χ4v) is 1.63. The Kier molecular flexibility index (Phi) is 3.58. The highest BCUT2D eigenvalue weighted by Crippen LogP contribution is 2.09. The van der Waals surface area contributed by atoms with E-state index in [4.69, 9.17) is 17.3 Å². The lowest BCUT2D eigenvalue weighted by molar-refractivity contribution is 0.674. The van der Waals surface area contributed by atoms with Crippen molar-refractivity contribution in [2.24, 2.45) is 0 Å². The molecule has 0 radical (unpaired) electrons. The Labute approximate surface area is 105 Å². The van der Waals surface area contributed by atoms with Gasteiger partial charge in [-0.05, 0) is 18.1 Å². The Morgan fingerprint density at radius 2 is 2.24 bits per heavy atom. The minimum atomic E-state index is 0.434. The fourth-order valence-electron chi connectivity index (χ4n) is 1.52. The van der Waals surface area contributed by atoms with Gasteiger partial charge in [0.25, 0.3) is 0 Å². The summed E-state index contributed by atoms with van der Waals surface area (Å²) in [6.07, 6.45) is 3.56. The van der Waals surface area contributed by atoms with E-state index in [1.54, 1.807) is 16.9 Å². The SMILES string of the molecule is CCCc1nc(N)n(Cc2ccc(Cl)nc2)n1. The Morgan fingerprint density at radius 1 is 1.41 bits per heavy atom. The Bertz CT molecular complexity index is 491. The van der Waals surface area contributed by atoms with Gasteiger partial charge in [0.05, 0.1) is 6.54 Å². The van der Waals surface area contributed by atoms with Gasteiger partial charge in [-0.25, -0.2) is 9.67 Å². The number of aromatic nitrogens is 4. The van der Waals surface area contributed by atoms with Crippen LogP contribution in [0.25, 0.3) is 0 Å². The van der Waals surface area contributed by atoms with Crippen molar-refractivity contribution < 1.29 is 0 Å². The Morgan fingerprint density at radius 3 is 2.88 bits per heavy atom. The quantitative estimate of drug-likeness (QED) is 0.843. The molecule has 0 aliphatic carbocycles. The van der Waals surface area contributed by atoms with Crippen LogP contribution in [0.1, 0.15) is 24.7 Å². The third-order valence-corrected chi connectivity index (χ3v) is 2.56. The van der Waals surface area contributed by atoms with E-state index in [-0.39, 0.29) is 0 Å². The summed E-state index contributed by atoms with van der Waals surface area (Å²) in [6.45, 7) is 2.65. The van der Waals surface area contributed by atoms with Crippen LogP contribution in [0.2, 0.25) is 5.15 Å². The van der Waals surface area contributed by atoms with Gasteiger partial charge in [0.1, 0.15) is 5.15 Å². The van der Waals surface area contributed by atoms with Crippen LogP contribution in [-0.2, 0) is 13.0 Å². The molecule has 2 aromatic heterocycles. The van der Waals surface area contributed by atoms with Gasteiger partial charge in [-0.15, -0.1) is 0 Å². The molecule has 0 bridgehead atoms. The molecule has 0 atom stereocenters. The second-order valence-electron chi connectivity index (χ2n) is 3.78. The van der Waals surface area contributed by atoms with E-state index in [1.165, 1.54) is 0 Å². The first-order valence-corrected chi connectivity index (χ1v) is 5.86. The Hall–Kier alpha value is -1.62. The first-order valence-electron chi connectivity index (χ1n) is 5.48. The van der Waals surface area contributed by atoms with Crippen molar-refractivity contribution in [3.8, 4) is 0 Å². The molecule has 0 aliphatic rings. The molecule has 90 valence electrons. The third kappa shape index (κ3) is 2.94. The van der Waals surface area contributed by atoms with Crippen LogP contribution in [0, 0.1) is 0 Å². The van der Waals surface area contributed by atoms with Crippen molar-refractivity contribution in [1.29, 1.82) is 0 Å². The number of pyridine rings is 1. The van der Waals surface area contributed by atoms with Crippen LogP contribution in [0.4, 0.5) is 5.95 Å². The number of nitrogens with zero attached hydrogens (tertiary/aromatic N) is 4. The largest absolute Gasteiger partial charge is 0.368 e. The molecule has 2 rings (SSSR count). The first kappa shape index (κ1) is 11.9. The lowest BCUT2D eigenvalue weighted by atomic mass is 10.3. The molecule has 5 nitrogen and oxygen atoms in total. The third-order valence-electron chi connectivity index (χ3n) is 2.34. The predicted octanol–water partition coefficient (Wildman–Crippen LogP) is 1.91. The molecule has 0 saturated heterocycles. The predicted molar refractivity (Wildman–Crippen MR) is 66.8 cm³/mol. The highest BCUT2D eigenvalue weighted by Gasteiger charge is 2.06. The molecular weight excluding hydrogens is 238 g/mol. The zero-order valence-electron chi connectivity index (χ0n) is 9.60. The smallest absolute Gasteiger partial charge is 0.219 e. The van der Waals surface area contributed by atoms with Crippen LogP contribution in [0.5, 0.6) is 0 Å². The number of aryl methyl sites for hydroxylation is 1. The number of hydrogen-bond acceptors (Lipinski definition) is 4. The van der Waals surface area contributed by atoms with Gasteiger partial charge >= 0.3 is 0 Å². The molecule has 17 heavy (non-hydrogen) atoms. The van der Waals surface area contributed by atoms with Crippen molar-refractivity contribution in [1.82, 2.24) is 19.7 Å². The van der Waals surface area contributed by atoms with Crippen molar-refractivity contribution in [3.05, 3.63) is 34.9 Å². The lowest BCUT2D eigenvalue weighted by Gasteiger charge is -2.02. The molecule has 0 aromatic carbocycles. The average molecular weight is 252 g/mol. The monoisotopic (exact) mass is 251 g/mol. The molecule has 2 aromatic rings. The van der Waals surface area contributed by atoms with Gasteiger partial charge in [0, 0.05) is 12.6 Å². The van der Waals surface area contributed by atoms with Gasteiger partial charge in [-0.1, -0.05) is 24.6 Å². The van der Waals surface area contributed by atoms with E-state index in [9.17, 15) is 0 Å². The normalized spacial score (nSPS) is 10.7. The van der Waals surface area contributed by atoms with E-state index in [0.29, 0.717) is 17.6 Å². The number of rotatable bonds is 4. The molecule has 0 spiro atoms. The summed E-state index contributed by atoms with van der Waals surface area (Å²) >= 11 is 5.72. The maximum Gasteiger partial charge on any atom is 0.219 e. The maximum atomic E-state index is 5.79. The molecule has 0 aliphatic heterocycles. The average Bonchev–Trinajstić information content (AvgIpc) is 2.63. The number of nitrogens with two attached hydrogens (primary N) is 1. The summed E-state index contributed by atoms with van der Waals surface area (Å²) in [4.78, 5) is 8.21. The molecular formula is C11H14ClN5. The summed E-state index contributed by atoms with van der Waals surface area (Å²) in [6, 6.07) is 3.65. The summed E-state index contributed by atoms with van der Waals surface area (Å²) < 4.78 is 1.68. The fraction of sp³-hybridized carbons (Fsp3) is 0.364. The van der Waals surface area contributed by atoms with E-state index in [0.717, 1.165) is 24.2 Å². The van der Waals surface area contributed by atoms with Gasteiger partial charge < -0.3 is 5.73 Å². The van der Waals surface area contributed by atoms with E-state index in [2.05, 4.69) is 22.0 Å². The van der Waals surface area contributed by atoms with Crippen molar-refractivity contribution in [2.45, 2.75) is 26.3 Å². The van der Waals surface area contributed by atoms with Crippen LogP contribution in [0.3, 0.4) is 0 Å². The van der Waals surface area contributed by atoms with Gasteiger partial charge in [-0.3, -0.25) is 0 Å². The molecule has 0 amide bonds. The number of anilines is 1. The topological polar surface area (TPSA) is 69.6 Å². The van der Waals surface area contributed by atoms with Crippen LogP contribution in [-0.4, -0.2) is 19.7 Å². The van der Waals surface area contributed by atoms with E-state index >= 15 is 0 Å². The highest BCUT2D eigenvalue weighted by molar-refractivity contribution is 6.29. The lowest BCUT2D eigenvalue weighted by Crippen LogP contribution is -2.06. The van der Waals surface area contributed by atoms with Crippen molar-refractivity contribution in [3.63, 3.8) is 0 Å². The minimum Gasteiger partial charge on any atom is -0.368 e. The van der Waals surface area contributed by atoms with Gasteiger partial charge in [-0.2, -0.15) is 10.1 Å². The van der Waals surface area contributed by atoms with Crippen LogP contribution >= 0.6 is 11.6 Å². The Balaban J connectivity index is 2.15. The second-order valence-corrected chi connectivity index (χ2v) is 4.17. The standard InChI is InChI=1S/C11H14ClN5/c1-2-3-10-15-11(13)17(16-10)7-8-4-5-9(12)14-6-8/h4-6H,2-3,7H2,1H3,(H2,13,15,16). The van der Waals surface area contributed by atoms with Gasteiger partial charge in [0.2, 0.25) is 5.95 Å². The summed E-state index contributed by atoms with van der Waals surface area (Å²) in [5.41, 5.74) is 6.79. The van der Waals surface area contributed by atoms with Crippen molar-refractivity contribution >= 4 is 17.5 Å². The first-order chi connectivity index (χ1) is 8.19. The molecule has 2 N–H and O–H groups in total. The van der Waals surface area contributed by atoms with E-state index in [1.807, 2.05) is 6.07 Å². The number of nitrogen functional groups attached to an aromatic ring is 1. The molecule has 0 saturated carbocycles. The zero-order valence-corrected chi connectivity index (χ0v) is 10.4. The molecule has 6 heteroatoms. The number of halogens is 1. The van der Waals surface area contributed by atoms with Gasteiger partial charge in [0.15, 0.2) is 5.82 Å². The molecule has 0 fully saturated rings. The summed E-state index contributed by atoms with van der Waals surface area (Å²) in [5, 5.41) is 4.82. The number of hydrogen-bond donors (Lipinski definition) is 1. The van der Waals surface area contributed by atoms with Crippen LogP contribution in [0.15, 0.2) is 18.3 Å². The second kappa shape index (κ2) is 5.14. The van der Waals surface area contributed by atoms with Crippen molar-refractivity contribution in [2.75, 3.05) is 5.73 Å². The zero-order chi connectivity index (χ0) is 12.3. The van der Waals surface area contributed by atoms with Crippen LogP contribution < -0.4 is 5.73 Å². The molecule has 0 unspecified atom stereocenters. The molecule has 2 heterocycles. The van der Waals surface area contributed by atoms with E-state index < -0.39 is 0 Å². The highest BCUT2D eigenvalue weighted by atomic mass is 35.5. The summed E-state index contributed by atoms with van der Waals surface area (Å²) in [7, 11) is 0. The maximum absolute atomic E-state index is 5.79. The minimum absolute atomic E-state index is 0.434.